The summed E-state index contributed by atoms with van der Waals surface area (Å²) in [5.74, 6) is 0.138. The van der Waals surface area contributed by atoms with E-state index in [1.54, 1.807) is 31.2 Å². The van der Waals surface area contributed by atoms with Crippen molar-refractivity contribution < 1.29 is 19.1 Å². The summed E-state index contributed by atoms with van der Waals surface area (Å²) in [5.41, 5.74) is 5.17. The lowest BCUT2D eigenvalue weighted by molar-refractivity contribution is -0.128. The molecule has 150 valence electrons. The van der Waals surface area contributed by atoms with Crippen LogP contribution in [0.4, 0.5) is 0 Å². The second kappa shape index (κ2) is 9.59. The zero-order chi connectivity index (χ0) is 20.6. The number of hydrogen-bond acceptors (Lipinski definition) is 4. The quantitative estimate of drug-likeness (QED) is 0.599. The molecule has 0 saturated heterocycles. The molecule has 0 aliphatic heterocycles. The normalized spacial score (nSPS) is 11.5. The van der Waals surface area contributed by atoms with Gasteiger partial charge in [0, 0.05) is 0 Å². The molecule has 0 spiro atoms. The number of carbonyl (C=O) groups is 2. The van der Waals surface area contributed by atoms with Crippen LogP contribution >= 0.6 is 0 Å². The van der Waals surface area contributed by atoms with Crippen molar-refractivity contribution in [1.29, 1.82) is 0 Å². The molecule has 2 amide bonds. The molecule has 0 heterocycles. The molecule has 6 heteroatoms. The number of benzene rings is 3. The van der Waals surface area contributed by atoms with Crippen LogP contribution in [-0.2, 0) is 4.79 Å². The van der Waals surface area contributed by atoms with Gasteiger partial charge in [-0.3, -0.25) is 20.4 Å². The maximum absolute atomic E-state index is 12.4. The Labute approximate surface area is 169 Å². The highest BCUT2D eigenvalue weighted by molar-refractivity contribution is 5.98. The van der Waals surface area contributed by atoms with E-state index in [1.807, 2.05) is 49.4 Å². The van der Waals surface area contributed by atoms with Crippen molar-refractivity contribution >= 4 is 22.6 Å². The Morgan fingerprint density at radius 1 is 0.931 bits per heavy atom. The second-order valence-corrected chi connectivity index (χ2v) is 6.56. The molecule has 6 nitrogen and oxygen atoms in total. The van der Waals surface area contributed by atoms with Crippen LogP contribution in [-0.4, -0.2) is 24.5 Å². The van der Waals surface area contributed by atoms with Crippen LogP contribution in [0.3, 0.4) is 0 Å². The summed E-state index contributed by atoms with van der Waals surface area (Å²) < 4.78 is 11.3. The second-order valence-electron chi connectivity index (χ2n) is 6.56. The van der Waals surface area contributed by atoms with Gasteiger partial charge in [0.25, 0.3) is 11.8 Å². The summed E-state index contributed by atoms with van der Waals surface area (Å²) >= 11 is 0. The number of hydrazine groups is 1. The highest BCUT2D eigenvalue weighted by Crippen LogP contribution is 2.21. The highest BCUT2D eigenvalue weighted by Gasteiger charge is 2.17. The van der Waals surface area contributed by atoms with E-state index in [-0.39, 0.29) is 0 Å². The van der Waals surface area contributed by atoms with Crippen LogP contribution in [0.15, 0.2) is 66.7 Å². The first-order chi connectivity index (χ1) is 14.1. The van der Waals surface area contributed by atoms with Crippen LogP contribution in [0.5, 0.6) is 11.5 Å². The van der Waals surface area contributed by atoms with Crippen molar-refractivity contribution in [1.82, 2.24) is 10.9 Å². The molecular weight excluding hydrogens is 368 g/mol. The molecule has 0 aliphatic rings. The van der Waals surface area contributed by atoms with Gasteiger partial charge in [0.2, 0.25) is 0 Å². The number of para-hydroxylation sites is 1. The highest BCUT2D eigenvalue weighted by atomic mass is 16.5. The van der Waals surface area contributed by atoms with Crippen molar-refractivity contribution in [3.8, 4) is 11.5 Å². The lowest BCUT2D eigenvalue weighted by atomic mass is 10.1. The molecule has 0 bridgehead atoms. The summed E-state index contributed by atoms with van der Waals surface area (Å²) in [6.45, 7) is 4.11. The van der Waals surface area contributed by atoms with E-state index in [0.29, 0.717) is 23.7 Å². The largest absolute Gasteiger partial charge is 0.493 e. The standard InChI is InChI=1S/C23H24N2O4/c1-3-14-28-21-11-7-6-10-20(21)23(27)25-24-22(26)16(2)29-19-13-12-17-8-4-5-9-18(17)15-19/h4-13,15-16H,3,14H2,1-2H3,(H,24,26)(H,25,27). The zero-order valence-electron chi connectivity index (χ0n) is 16.5. The average Bonchev–Trinajstić information content (AvgIpc) is 2.75. The molecule has 1 atom stereocenters. The van der Waals surface area contributed by atoms with Gasteiger partial charge >= 0.3 is 0 Å². The number of amides is 2. The fourth-order valence-corrected chi connectivity index (χ4v) is 2.78. The summed E-state index contributed by atoms with van der Waals surface area (Å²) in [6.07, 6.45) is 0.0408. The summed E-state index contributed by atoms with van der Waals surface area (Å²) in [7, 11) is 0. The number of nitrogens with one attached hydrogen (secondary N) is 2. The Bertz CT molecular complexity index is 1000. The number of ether oxygens (including phenoxy) is 2. The Morgan fingerprint density at radius 3 is 2.45 bits per heavy atom. The van der Waals surface area contributed by atoms with Crippen molar-refractivity contribution in [3.63, 3.8) is 0 Å². The summed E-state index contributed by atoms with van der Waals surface area (Å²) in [5, 5.41) is 2.11. The number of hydrogen-bond donors (Lipinski definition) is 2. The lowest BCUT2D eigenvalue weighted by Gasteiger charge is -2.16. The maximum atomic E-state index is 12.4. The summed E-state index contributed by atoms with van der Waals surface area (Å²) in [6, 6.07) is 20.4. The van der Waals surface area contributed by atoms with E-state index >= 15 is 0 Å². The van der Waals surface area contributed by atoms with Crippen LogP contribution in [0, 0.1) is 0 Å². The third-order valence-corrected chi connectivity index (χ3v) is 4.30. The van der Waals surface area contributed by atoms with E-state index in [2.05, 4.69) is 10.9 Å². The number of fused-ring (bicyclic) bond motifs is 1. The molecule has 2 N–H and O–H groups in total. The fraction of sp³-hybridized carbons (Fsp3) is 0.217. The molecule has 29 heavy (non-hydrogen) atoms. The Hall–Kier alpha value is -3.54. The first kappa shape index (κ1) is 20.2. The number of carbonyl (C=O) groups excluding carboxylic acids is 2. The molecule has 3 rings (SSSR count). The van der Waals surface area contributed by atoms with Crippen molar-refractivity contribution in [2.75, 3.05) is 6.61 Å². The maximum Gasteiger partial charge on any atom is 0.279 e. The van der Waals surface area contributed by atoms with Gasteiger partial charge in [0.05, 0.1) is 12.2 Å². The zero-order valence-corrected chi connectivity index (χ0v) is 16.5. The minimum atomic E-state index is -0.789. The molecule has 0 radical (unpaired) electrons. The predicted molar refractivity (Wildman–Crippen MR) is 112 cm³/mol. The topological polar surface area (TPSA) is 76.7 Å². The predicted octanol–water partition coefficient (Wildman–Crippen LogP) is 3.86. The number of rotatable bonds is 7. The van der Waals surface area contributed by atoms with Gasteiger partial charge in [-0.15, -0.1) is 0 Å². The lowest BCUT2D eigenvalue weighted by Crippen LogP contribution is -2.47. The van der Waals surface area contributed by atoms with E-state index in [9.17, 15) is 9.59 Å². The molecule has 0 fully saturated rings. The molecule has 3 aromatic rings. The Kier molecular flexibility index (Phi) is 6.68. The third-order valence-electron chi connectivity index (χ3n) is 4.30. The van der Waals surface area contributed by atoms with Gasteiger partial charge in [-0.2, -0.15) is 0 Å². The van der Waals surface area contributed by atoms with Crippen LogP contribution in [0.2, 0.25) is 0 Å². The molecule has 0 aliphatic carbocycles. The van der Waals surface area contributed by atoms with Gasteiger partial charge < -0.3 is 9.47 Å². The van der Waals surface area contributed by atoms with Gasteiger partial charge in [0.15, 0.2) is 6.10 Å². The van der Waals surface area contributed by atoms with E-state index in [1.165, 1.54) is 0 Å². The van der Waals surface area contributed by atoms with Gasteiger partial charge in [-0.1, -0.05) is 49.4 Å². The molecule has 0 aromatic heterocycles. The Balaban J connectivity index is 1.57. The van der Waals surface area contributed by atoms with Crippen LogP contribution in [0.1, 0.15) is 30.6 Å². The molecule has 1 unspecified atom stereocenters. The smallest absolute Gasteiger partial charge is 0.279 e. The third kappa shape index (κ3) is 5.25. The molecular formula is C23H24N2O4. The van der Waals surface area contributed by atoms with E-state index < -0.39 is 17.9 Å². The first-order valence-electron chi connectivity index (χ1n) is 9.56. The van der Waals surface area contributed by atoms with Crippen molar-refractivity contribution in [2.24, 2.45) is 0 Å². The first-order valence-corrected chi connectivity index (χ1v) is 9.56. The van der Waals surface area contributed by atoms with E-state index in [4.69, 9.17) is 9.47 Å². The SMILES string of the molecule is CCCOc1ccccc1C(=O)NNC(=O)C(C)Oc1ccc2ccccc2c1. The Morgan fingerprint density at radius 2 is 1.66 bits per heavy atom. The minimum absolute atomic E-state index is 0.351. The van der Waals surface area contributed by atoms with Gasteiger partial charge in [-0.05, 0) is 48.4 Å². The molecule has 0 saturated carbocycles. The van der Waals surface area contributed by atoms with Gasteiger partial charge in [0.1, 0.15) is 11.5 Å². The molecule has 3 aromatic carbocycles. The van der Waals surface area contributed by atoms with E-state index in [0.717, 1.165) is 17.2 Å². The minimum Gasteiger partial charge on any atom is -0.493 e. The average molecular weight is 392 g/mol. The monoisotopic (exact) mass is 392 g/mol. The van der Waals surface area contributed by atoms with Crippen LogP contribution in [0.25, 0.3) is 10.8 Å². The fourth-order valence-electron chi connectivity index (χ4n) is 2.78. The van der Waals surface area contributed by atoms with Crippen molar-refractivity contribution in [2.45, 2.75) is 26.4 Å². The van der Waals surface area contributed by atoms with Crippen LogP contribution < -0.4 is 20.3 Å². The van der Waals surface area contributed by atoms with Crippen molar-refractivity contribution in [3.05, 3.63) is 72.3 Å². The summed E-state index contributed by atoms with van der Waals surface area (Å²) in [4.78, 5) is 24.7. The van der Waals surface area contributed by atoms with Gasteiger partial charge in [-0.25, -0.2) is 0 Å².